The molecule has 276 valence electrons. The zero-order valence-corrected chi connectivity index (χ0v) is 32.5. The number of aryl methyl sites for hydroxylation is 1. The fourth-order valence-corrected chi connectivity index (χ4v) is 11.1. The summed E-state index contributed by atoms with van der Waals surface area (Å²) in [6, 6.07) is 61.1. The van der Waals surface area contributed by atoms with Gasteiger partial charge in [-0.3, -0.25) is 0 Å². The molecule has 4 aliphatic rings. The molecule has 0 saturated heterocycles. The lowest BCUT2D eigenvalue weighted by molar-refractivity contribution is 0.245. The van der Waals surface area contributed by atoms with Gasteiger partial charge in [-0.2, -0.15) is 0 Å². The molecule has 0 N–H and O–H groups in total. The summed E-state index contributed by atoms with van der Waals surface area (Å²) in [4.78, 5) is 16.5. The quantitative estimate of drug-likeness (QED) is 0.168. The van der Waals surface area contributed by atoms with Gasteiger partial charge in [-0.1, -0.05) is 110 Å². The monoisotopic (exact) mass is 745 g/mol. The predicted molar refractivity (Wildman–Crippen MR) is 240 cm³/mol. The number of aromatic nitrogens is 2. The van der Waals surface area contributed by atoms with E-state index < -0.39 is 5.54 Å². The van der Waals surface area contributed by atoms with Gasteiger partial charge in [-0.25, -0.2) is 9.97 Å². The fraction of sp³-hybridized carbons (Fsp3) is 0.115. The van der Waals surface area contributed by atoms with Gasteiger partial charge in [-0.05, 0) is 119 Å². The highest BCUT2D eigenvalue weighted by molar-refractivity contribution is 7.00. The number of fused-ring (bicyclic) bond motifs is 9. The molecule has 0 spiro atoms. The van der Waals surface area contributed by atoms with E-state index in [2.05, 4.69) is 202 Å². The molecule has 1 aromatic heterocycles. The summed E-state index contributed by atoms with van der Waals surface area (Å²) in [5.41, 5.74) is 19.3. The lowest BCUT2D eigenvalue weighted by atomic mass is 9.33. The Hall–Kier alpha value is -6.92. The first-order valence-electron chi connectivity index (χ1n) is 20.4. The third-order valence-corrected chi connectivity index (χ3v) is 13.8. The number of anilines is 8. The zero-order chi connectivity index (χ0) is 38.6. The molecule has 0 fully saturated rings. The van der Waals surface area contributed by atoms with Crippen molar-refractivity contribution in [3.63, 3.8) is 0 Å². The SMILES string of the molecule is CC12CCc3ccccc3C1(C)N(c1cc3c4c(c1)N(c1ccccc1)c1ccccc1B4c1ccccc1N3c1ccccc1)c1ccc(-c3cncnc3)cc12. The summed E-state index contributed by atoms with van der Waals surface area (Å²) in [5.74, 6) is 0. The summed E-state index contributed by atoms with van der Waals surface area (Å²) >= 11 is 0. The number of nitrogens with zero attached hydrogens (tertiary/aromatic N) is 5. The normalized spacial score (nSPS) is 19.4. The standard InChI is InChI=1S/C52H40BN5/c1-51-28-27-35-15-9-10-20-41(35)52(51,2)58(45-26-25-36(29-42(45)51)37-32-54-34-55-33-37)40-30-48-50-49(31-40)57(39-18-7-4-8-19-39)47-24-14-12-22-44(47)53(50)43-21-11-13-23-46(43)56(48)38-16-5-3-6-17-38/h3-26,29-34H,27-28H2,1-2H3. The Bertz CT molecular complexity index is 2810. The van der Waals surface area contributed by atoms with Crippen molar-refractivity contribution >= 4 is 68.6 Å². The molecule has 4 heterocycles. The van der Waals surface area contributed by atoms with E-state index >= 15 is 0 Å². The molecule has 5 nitrogen and oxygen atoms in total. The molecule has 0 radical (unpaired) electrons. The first-order valence-corrected chi connectivity index (χ1v) is 20.4. The maximum absolute atomic E-state index is 4.40. The van der Waals surface area contributed by atoms with Crippen LogP contribution >= 0.6 is 0 Å². The highest BCUT2D eigenvalue weighted by atomic mass is 15.3. The molecular formula is C52H40BN5. The van der Waals surface area contributed by atoms with E-state index in [9.17, 15) is 0 Å². The van der Waals surface area contributed by atoms with Crippen molar-refractivity contribution in [2.75, 3.05) is 14.7 Å². The van der Waals surface area contributed by atoms with Gasteiger partial charge in [0.05, 0.1) is 5.54 Å². The minimum atomic E-state index is -0.398. The van der Waals surface area contributed by atoms with Crippen LogP contribution in [0.4, 0.5) is 45.5 Å². The topological polar surface area (TPSA) is 35.5 Å². The first-order chi connectivity index (χ1) is 28.5. The van der Waals surface area contributed by atoms with Crippen LogP contribution in [0, 0.1) is 0 Å². The Kier molecular flexibility index (Phi) is 7.05. The molecule has 2 atom stereocenters. The second kappa shape index (κ2) is 12.3. The Morgan fingerprint density at radius 1 is 0.500 bits per heavy atom. The summed E-state index contributed by atoms with van der Waals surface area (Å²) in [5, 5.41) is 0. The molecule has 1 aliphatic carbocycles. The molecule has 0 amide bonds. The third-order valence-electron chi connectivity index (χ3n) is 13.8. The van der Waals surface area contributed by atoms with Crippen LogP contribution in [-0.2, 0) is 17.4 Å². The molecular weight excluding hydrogens is 705 g/mol. The number of hydrogen-bond donors (Lipinski definition) is 0. The van der Waals surface area contributed by atoms with Crippen LogP contribution in [0.3, 0.4) is 0 Å². The molecule has 0 saturated carbocycles. The van der Waals surface area contributed by atoms with Crippen LogP contribution in [0.25, 0.3) is 11.1 Å². The van der Waals surface area contributed by atoms with Crippen LogP contribution in [0.2, 0.25) is 0 Å². The van der Waals surface area contributed by atoms with Crippen molar-refractivity contribution in [1.82, 2.24) is 9.97 Å². The smallest absolute Gasteiger partial charge is 0.252 e. The lowest BCUT2D eigenvalue weighted by Gasteiger charge is -2.52. The van der Waals surface area contributed by atoms with Gasteiger partial charge in [-0.15, -0.1) is 0 Å². The molecule has 6 heteroatoms. The highest BCUT2D eigenvalue weighted by Gasteiger charge is 2.60. The maximum atomic E-state index is 4.40. The summed E-state index contributed by atoms with van der Waals surface area (Å²) < 4.78 is 0. The van der Waals surface area contributed by atoms with E-state index in [1.54, 1.807) is 6.33 Å². The van der Waals surface area contributed by atoms with E-state index in [0.717, 1.165) is 35.3 Å². The van der Waals surface area contributed by atoms with Gasteiger partial charge < -0.3 is 14.7 Å². The van der Waals surface area contributed by atoms with E-state index in [1.807, 2.05) is 12.4 Å². The summed E-state index contributed by atoms with van der Waals surface area (Å²) in [6.45, 7) is 5.06. The van der Waals surface area contributed by atoms with Crippen molar-refractivity contribution in [3.05, 3.63) is 199 Å². The number of hydrogen-bond acceptors (Lipinski definition) is 5. The molecule has 58 heavy (non-hydrogen) atoms. The van der Waals surface area contributed by atoms with Crippen molar-refractivity contribution in [2.24, 2.45) is 0 Å². The maximum Gasteiger partial charge on any atom is 0.252 e. The van der Waals surface area contributed by atoms with Gasteiger partial charge in [0.25, 0.3) is 6.71 Å². The molecule has 12 rings (SSSR count). The number of rotatable bonds is 4. The Morgan fingerprint density at radius 2 is 1.07 bits per heavy atom. The van der Waals surface area contributed by atoms with Crippen LogP contribution in [0.5, 0.6) is 0 Å². The minimum absolute atomic E-state index is 0.0594. The van der Waals surface area contributed by atoms with Crippen LogP contribution in [-0.4, -0.2) is 16.7 Å². The molecule has 2 unspecified atom stereocenters. The third kappa shape index (κ3) is 4.43. The van der Waals surface area contributed by atoms with Crippen molar-refractivity contribution in [1.29, 1.82) is 0 Å². The zero-order valence-electron chi connectivity index (χ0n) is 32.5. The summed E-state index contributed by atoms with van der Waals surface area (Å²) in [7, 11) is 0. The van der Waals surface area contributed by atoms with Crippen LogP contribution in [0.15, 0.2) is 183 Å². The molecule has 7 aromatic carbocycles. The molecule has 3 aliphatic heterocycles. The minimum Gasteiger partial charge on any atom is -0.330 e. The van der Waals surface area contributed by atoms with E-state index in [4.69, 9.17) is 0 Å². The van der Waals surface area contributed by atoms with Crippen LogP contribution in [0.1, 0.15) is 37.0 Å². The second-order valence-corrected chi connectivity index (χ2v) is 16.5. The lowest BCUT2D eigenvalue weighted by Crippen LogP contribution is -2.61. The predicted octanol–water partition coefficient (Wildman–Crippen LogP) is 10.5. The molecule has 8 aromatic rings. The van der Waals surface area contributed by atoms with Crippen molar-refractivity contribution in [2.45, 2.75) is 37.6 Å². The van der Waals surface area contributed by atoms with Gasteiger partial charge in [0.1, 0.15) is 6.33 Å². The van der Waals surface area contributed by atoms with Crippen molar-refractivity contribution < 1.29 is 0 Å². The fourth-order valence-electron chi connectivity index (χ4n) is 11.1. The van der Waals surface area contributed by atoms with Gasteiger partial charge in [0.15, 0.2) is 0 Å². The highest BCUT2D eigenvalue weighted by Crippen LogP contribution is 2.64. The van der Waals surface area contributed by atoms with Gasteiger partial charge >= 0.3 is 0 Å². The van der Waals surface area contributed by atoms with Gasteiger partial charge in [0, 0.05) is 68.9 Å². The Morgan fingerprint density at radius 3 is 1.71 bits per heavy atom. The van der Waals surface area contributed by atoms with Crippen molar-refractivity contribution in [3.8, 4) is 11.1 Å². The largest absolute Gasteiger partial charge is 0.330 e. The van der Waals surface area contributed by atoms with E-state index in [0.29, 0.717) is 0 Å². The average molecular weight is 746 g/mol. The Balaban J connectivity index is 1.19. The Labute approximate surface area is 340 Å². The van der Waals surface area contributed by atoms with E-state index in [1.165, 1.54) is 67.2 Å². The van der Waals surface area contributed by atoms with E-state index in [-0.39, 0.29) is 12.1 Å². The number of benzene rings is 7. The summed E-state index contributed by atoms with van der Waals surface area (Å²) in [6.07, 6.45) is 7.52. The first kappa shape index (κ1) is 33.2. The number of para-hydroxylation sites is 4. The second-order valence-electron chi connectivity index (χ2n) is 16.5. The van der Waals surface area contributed by atoms with Crippen LogP contribution < -0.4 is 31.1 Å². The molecule has 0 bridgehead atoms. The van der Waals surface area contributed by atoms with Gasteiger partial charge in [0.2, 0.25) is 0 Å². The average Bonchev–Trinajstić information content (AvgIpc) is 3.50.